The summed E-state index contributed by atoms with van der Waals surface area (Å²) in [4.78, 5) is 11.9. The van der Waals surface area contributed by atoms with Gasteiger partial charge in [0.2, 0.25) is 0 Å². The van der Waals surface area contributed by atoms with Crippen molar-refractivity contribution in [3.63, 3.8) is 0 Å². The van der Waals surface area contributed by atoms with Crippen molar-refractivity contribution in [2.45, 2.75) is 6.42 Å². The molecule has 3 heteroatoms. The van der Waals surface area contributed by atoms with Crippen LogP contribution >= 0.6 is 0 Å². The third-order valence-electron chi connectivity index (χ3n) is 2.40. The van der Waals surface area contributed by atoms with Gasteiger partial charge < -0.3 is 9.22 Å². The lowest BCUT2D eigenvalue weighted by Crippen LogP contribution is -2.36. The second kappa shape index (κ2) is 5.12. The Morgan fingerprint density at radius 2 is 2.00 bits per heavy atom. The van der Waals surface area contributed by atoms with E-state index in [2.05, 4.69) is 21.1 Å². The Hall–Kier alpha value is -1.35. The second-order valence-electron chi connectivity index (χ2n) is 4.92. The summed E-state index contributed by atoms with van der Waals surface area (Å²) in [6.07, 6.45) is 0.566. The molecule has 0 amide bonds. The zero-order chi connectivity index (χ0) is 12.2. The number of methoxy groups -OCH3 is 1. The number of ether oxygens (including phenoxy) is 1. The number of quaternary nitrogens is 1. The maximum atomic E-state index is 11.9. The number of ketones is 1. The molecule has 0 atom stereocenters. The van der Waals surface area contributed by atoms with Gasteiger partial charge in [0, 0.05) is 5.56 Å². The predicted molar refractivity (Wildman–Crippen MR) is 64.8 cm³/mol. The number of benzene rings is 1. The number of hydrogen-bond acceptors (Lipinski definition) is 2. The Morgan fingerprint density at radius 3 is 2.56 bits per heavy atom. The third-order valence-corrected chi connectivity index (χ3v) is 2.40. The molecule has 1 aromatic rings. The van der Waals surface area contributed by atoms with Crippen LogP contribution in [-0.4, -0.2) is 45.1 Å². The molecule has 1 rings (SSSR count). The standard InChI is InChI=1S/C13H20NO2/c1-14(2,3)9-8-13(15)11-6-5-7-12(10-11)16-4/h5-7,10H,8-9H2,1-4H3/q+1. The van der Waals surface area contributed by atoms with Gasteiger partial charge in [0.1, 0.15) is 5.75 Å². The van der Waals surface area contributed by atoms with E-state index in [-0.39, 0.29) is 5.78 Å². The lowest BCUT2D eigenvalue weighted by Gasteiger charge is -2.23. The van der Waals surface area contributed by atoms with Gasteiger partial charge in [-0.15, -0.1) is 0 Å². The molecule has 0 spiro atoms. The topological polar surface area (TPSA) is 26.3 Å². The van der Waals surface area contributed by atoms with E-state index in [1.54, 1.807) is 13.2 Å². The van der Waals surface area contributed by atoms with Crippen LogP contribution < -0.4 is 4.74 Å². The predicted octanol–water partition coefficient (Wildman–Crippen LogP) is 1.97. The Balaban J connectivity index is 2.66. The van der Waals surface area contributed by atoms with Gasteiger partial charge in [0.15, 0.2) is 5.78 Å². The fourth-order valence-corrected chi connectivity index (χ4v) is 1.38. The monoisotopic (exact) mass is 222 g/mol. The Morgan fingerprint density at radius 1 is 1.31 bits per heavy atom. The summed E-state index contributed by atoms with van der Waals surface area (Å²) in [5, 5.41) is 0. The lowest BCUT2D eigenvalue weighted by atomic mass is 10.1. The van der Waals surface area contributed by atoms with Gasteiger partial charge in [-0.25, -0.2) is 0 Å². The van der Waals surface area contributed by atoms with Gasteiger partial charge in [-0.2, -0.15) is 0 Å². The molecule has 88 valence electrons. The fourth-order valence-electron chi connectivity index (χ4n) is 1.38. The summed E-state index contributed by atoms with van der Waals surface area (Å²) < 4.78 is 5.90. The van der Waals surface area contributed by atoms with Gasteiger partial charge in [-0.1, -0.05) is 12.1 Å². The van der Waals surface area contributed by atoms with Gasteiger partial charge in [0.25, 0.3) is 0 Å². The van der Waals surface area contributed by atoms with E-state index in [0.29, 0.717) is 6.42 Å². The molecule has 0 aliphatic rings. The summed E-state index contributed by atoms with van der Waals surface area (Å²) in [6.45, 7) is 0.843. The van der Waals surface area contributed by atoms with Crippen molar-refractivity contribution < 1.29 is 14.0 Å². The minimum atomic E-state index is 0.173. The number of carbonyl (C=O) groups is 1. The summed E-state index contributed by atoms with van der Waals surface area (Å²) in [5.41, 5.74) is 0.729. The number of carbonyl (C=O) groups excluding carboxylic acids is 1. The highest BCUT2D eigenvalue weighted by Crippen LogP contribution is 2.14. The van der Waals surface area contributed by atoms with Gasteiger partial charge in [0.05, 0.1) is 41.2 Å². The first-order chi connectivity index (χ1) is 7.42. The Kier molecular flexibility index (Phi) is 4.07. The Labute approximate surface area is 97.2 Å². The molecule has 0 aliphatic heterocycles. The van der Waals surface area contributed by atoms with Crippen LogP contribution in [0.15, 0.2) is 24.3 Å². The average molecular weight is 222 g/mol. The van der Waals surface area contributed by atoms with Gasteiger partial charge in [-0.05, 0) is 12.1 Å². The Bertz CT molecular complexity index is 366. The largest absolute Gasteiger partial charge is 0.497 e. The summed E-state index contributed by atoms with van der Waals surface area (Å²) in [6, 6.07) is 7.31. The first-order valence-electron chi connectivity index (χ1n) is 5.40. The molecular formula is C13H20NO2+. The van der Waals surface area contributed by atoms with Crippen LogP contribution in [-0.2, 0) is 0 Å². The van der Waals surface area contributed by atoms with Crippen LogP contribution in [0.4, 0.5) is 0 Å². The van der Waals surface area contributed by atoms with Gasteiger partial charge >= 0.3 is 0 Å². The van der Waals surface area contributed by atoms with E-state index in [9.17, 15) is 4.79 Å². The summed E-state index contributed by atoms with van der Waals surface area (Å²) in [7, 11) is 7.85. The van der Waals surface area contributed by atoms with E-state index in [0.717, 1.165) is 22.3 Å². The molecule has 0 saturated carbocycles. The van der Waals surface area contributed by atoms with Crippen molar-refractivity contribution >= 4 is 5.78 Å². The maximum absolute atomic E-state index is 11.9. The minimum absolute atomic E-state index is 0.173. The second-order valence-corrected chi connectivity index (χ2v) is 4.92. The molecule has 0 bridgehead atoms. The van der Waals surface area contributed by atoms with Crippen molar-refractivity contribution in [3.05, 3.63) is 29.8 Å². The van der Waals surface area contributed by atoms with Crippen LogP contribution in [0, 0.1) is 0 Å². The highest BCUT2D eigenvalue weighted by molar-refractivity contribution is 5.96. The average Bonchev–Trinajstić information content (AvgIpc) is 2.25. The van der Waals surface area contributed by atoms with Crippen molar-refractivity contribution in [2.75, 3.05) is 34.8 Å². The first-order valence-corrected chi connectivity index (χ1v) is 5.40. The van der Waals surface area contributed by atoms with Crippen LogP contribution in [0.3, 0.4) is 0 Å². The molecule has 0 radical (unpaired) electrons. The molecule has 3 nitrogen and oxygen atoms in total. The minimum Gasteiger partial charge on any atom is -0.497 e. The zero-order valence-corrected chi connectivity index (χ0v) is 10.5. The molecule has 16 heavy (non-hydrogen) atoms. The number of Topliss-reactive ketones (excluding diaryl/α,β-unsaturated/α-hetero) is 1. The van der Waals surface area contributed by atoms with E-state index >= 15 is 0 Å². The van der Waals surface area contributed by atoms with E-state index in [4.69, 9.17) is 4.74 Å². The molecule has 0 heterocycles. The maximum Gasteiger partial charge on any atom is 0.168 e. The van der Waals surface area contributed by atoms with Gasteiger partial charge in [-0.3, -0.25) is 4.79 Å². The van der Waals surface area contributed by atoms with E-state index in [1.165, 1.54) is 0 Å². The quantitative estimate of drug-likeness (QED) is 0.562. The highest BCUT2D eigenvalue weighted by Gasteiger charge is 2.12. The molecular weight excluding hydrogens is 202 g/mol. The number of rotatable bonds is 5. The lowest BCUT2D eigenvalue weighted by molar-refractivity contribution is -0.869. The highest BCUT2D eigenvalue weighted by atomic mass is 16.5. The zero-order valence-electron chi connectivity index (χ0n) is 10.5. The molecule has 0 fully saturated rings. The van der Waals surface area contributed by atoms with Crippen LogP contribution in [0.2, 0.25) is 0 Å². The normalized spacial score (nSPS) is 11.2. The number of hydrogen-bond donors (Lipinski definition) is 0. The van der Waals surface area contributed by atoms with Crippen LogP contribution in [0.1, 0.15) is 16.8 Å². The smallest absolute Gasteiger partial charge is 0.168 e. The van der Waals surface area contributed by atoms with Crippen LogP contribution in [0.25, 0.3) is 0 Å². The summed E-state index contributed by atoms with van der Waals surface area (Å²) >= 11 is 0. The first kappa shape index (κ1) is 12.7. The van der Waals surface area contributed by atoms with Crippen molar-refractivity contribution in [2.24, 2.45) is 0 Å². The molecule has 0 aromatic heterocycles. The molecule has 0 N–H and O–H groups in total. The molecule has 0 aliphatic carbocycles. The molecule has 1 aromatic carbocycles. The molecule has 0 saturated heterocycles. The van der Waals surface area contributed by atoms with Crippen molar-refractivity contribution in [3.8, 4) is 5.75 Å². The van der Waals surface area contributed by atoms with Crippen LogP contribution in [0.5, 0.6) is 5.75 Å². The SMILES string of the molecule is COc1cccc(C(=O)CC[N+](C)(C)C)c1. The molecule has 0 unspecified atom stereocenters. The van der Waals surface area contributed by atoms with Crippen molar-refractivity contribution in [1.29, 1.82) is 0 Å². The summed E-state index contributed by atoms with van der Waals surface area (Å²) in [5.74, 6) is 0.906. The third kappa shape index (κ3) is 4.03. The number of nitrogens with zero attached hydrogens (tertiary/aromatic N) is 1. The van der Waals surface area contributed by atoms with E-state index in [1.807, 2.05) is 18.2 Å². The fraction of sp³-hybridized carbons (Fsp3) is 0.462. The van der Waals surface area contributed by atoms with E-state index < -0.39 is 0 Å². The van der Waals surface area contributed by atoms with Crippen molar-refractivity contribution in [1.82, 2.24) is 0 Å².